The van der Waals surface area contributed by atoms with Crippen LogP contribution in [0.2, 0.25) is 0 Å². The van der Waals surface area contributed by atoms with Crippen LogP contribution in [-0.4, -0.2) is 62.3 Å². The summed E-state index contributed by atoms with van der Waals surface area (Å²) in [5.74, 6) is 0. The molecule has 1 aliphatic rings. The van der Waals surface area contributed by atoms with E-state index in [-0.39, 0.29) is 0 Å². The topological polar surface area (TPSA) is 110 Å². The summed E-state index contributed by atoms with van der Waals surface area (Å²) in [5.41, 5.74) is -1.77. The lowest BCUT2D eigenvalue weighted by Crippen LogP contribution is -2.65. The van der Waals surface area contributed by atoms with E-state index in [1.165, 1.54) is 6.92 Å². The summed E-state index contributed by atoms with van der Waals surface area (Å²) in [6.07, 6.45) is -5.82. The van der Waals surface area contributed by atoms with Crippen LogP contribution in [-0.2, 0) is 4.74 Å². The molecule has 0 radical (unpaired) electrons. The summed E-state index contributed by atoms with van der Waals surface area (Å²) in [6, 6.07) is 0. The molecule has 0 aromatic heterocycles. The highest BCUT2D eigenvalue weighted by Gasteiger charge is 2.51. The monoisotopic (exact) mass is 194 g/mol. The second-order valence-electron chi connectivity index (χ2n) is 3.36. The van der Waals surface area contributed by atoms with Gasteiger partial charge >= 0.3 is 0 Å². The van der Waals surface area contributed by atoms with Gasteiger partial charge in [0.1, 0.15) is 23.9 Å². The third-order valence-corrected chi connectivity index (χ3v) is 2.34. The van der Waals surface area contributed by atoms with Crippen molar-refractivity contribution in [3.05, 3.63) is 0 Å². The van der Waals surface area contributed by atoms with Gasteiger partial charge in [0, 0.05) is 0 Å². The predicted octanol–water partition coefficient (Wildman–Crippen LogP) is -2.83. The predicted molar refractivity (Wildman–Crippen MR) is 40.6 cm³/mol. The van der Waals surface area contributed by atoms with Gasteiger partial charge in [-0.3, -0.25) is 0 Å². The van der Waals surface area contributed by atoms with Crippen molar-refractivity contribution in [3.8, 4) is 0 Å². The largest absolute Gasteiger partial charge is 0.394 e. The van der Waals surface area contributed by atoms with Gasteiger partial charge in [0.2, 0.25) is 0 Å². The van der Waals surface area contributed by atoms with Crippen molar-refractivity contribution in [2.75, 3.05) is 6.61 Å². The minimum atomic E-state index is -1.77. The summed E-state index contributed by atoms with van der Waals surface area (Å²) >= 11 is 0. The molecule has 6 heteroatoms. The maximum absolute atomic E-state index is 9.58. The first-order valence-electron chi connectivity index (χ1n) is 3.94. The molecule has 0 amide bonds. The Bertz CT molecular complexity index is 178. The average Bonchev–Trinajstić information content (AvgIpc) is 2.08. The lowest BCUT2D eigenvalue weighted by atomic mass is 9.86. The molecule has 5 N–H and O–H groups in total. The van der Waals surface area contributed by atoms with Crippen molar-refractivity contribution in [2.24, 2.45) is 0 Å². The van der Waals surface area contributed by atoms with Crippen molar-refractivity contribution in [3.63, 3.8) is 0 Å². The summed E-state index contributed by atoms with van der Waals surface area (Å²) in [7, 11) is 0. The number of rotatable bonds is 1. The minimum absolute atomic E-state index is 0.548. The van der Waals surface area contributed by atoms with Crippen molar-refractivity contribution in [1.82, 2.24) is 0 Å². The molecule has 1 fully saturated rings. The first-order chi connectivity index (χ1) is 5.91. The Balaban J connectivity index is 2.82. The number of aliphatic hydroxyl groups excluding tert-OH is 4. The maximum atomic E-state index is 9.58. The number of ether oxygens (including phenoxy) is 1. The summed E-state index contributed by atoms with van der Waals surface area (Å²) in [6.45, 7) is 0.668. The molecule has 1 rings (SSSR count). The molecule has 0 aliphatic carbocycles. The van der Waals surface area contributed by atoms with Crippen LogP contribution in [0.5, 0.6) is 0 Å². The molecule has 78 valence electrons. The van der Waals surface area contributed by atoms with Crippen LogP contribution in [0.25, 0.3) is 0 Å². The van der Waals surface area contributed by atoms with Crippen molar-refractivity contribution >= 4 is 0 Å². The van der Waals surface area contributed by atoms with Gasteiger partial charge in [-0.2, -0.15) is 0 Å². The van der Waals surface area contributed by atoms with E-state index in [4.69, 9.17) is 15.3 Å². The zero-order valence-corrected chi connectivity index (χ0v) is 7.16. The number of hydrogen-bond acceptors (Lipinski definition) is 6. The van der Waals surface area contributed by atoms with Crippen LogP contribution in [0.3, 0.4) is 0 Å². The Kier molecular flexibility index (Phi) is 2.91. The average molecular weight is 194 g/mol. The zero-order chi connectivity index (χ0) is 10.2. The van der Waals surface area contributed by atoms with Crippen LogP contribution in [0.15, 0.2) is 0 Å². The number of aliphatic hydroxyl groups is 5. The molecule has 0 aromatic carbocycles. The summed E-state index contributed by atoms with van der Waals surface area (Å²) in [4.78, 5) is 0. The fourth-order valence-corrected chi connectivity index (χ4v) is 1.31. The molecule has 1 heterocycles. The van der Waals surface area contributed by atoms with Crippen LogP contribution in [0.4, 0.5) is 0 Å². The van der Waals surface area contributed by atoms with Gasteiger partial charge in [0.25, 0.3) is 0 Å². The summed E-state index contributed by atoms with van der Waals surface area (Å²) in [5, 5.41) is 45.8. The fourth-order valence-electron chi connectivity index (χ4n) is 1.31. The molecule has 0 aromatic rings. The molecule has 1 saturated heterocycles. The van der Waals surface area contributed by atoms with E-state index in [9.17, 15) is 10.2 Å². The van der Waals surface area contributed by atoms with E-state index >= 15 is 0 Å². The molecule has 0 spiro atoms. The SMILES string of the molecule is C[C@]1(O)[C@H](O)[C@@H](O)C(O)O[C@@H]1CO. The standard InChI is InChI=1S/C7H14O6/c1-7(12)3(2-8)13-6(11)4(9)5(7)10/h3-6,8-12H,2H2,1H3/t3-,4-,5-,6?,7-/m1/s1. The van der Waals surface area contributed by atoms with Crippen LogP contribution in [0.1, 0.15) is 6.92 Å². The third kappa shape index (κ3) is 1.69. The molecule has 0 saturated carbocycles. The van der Waals surface area contributed by atoms with Gasteiger partial charge in [-0.25, -0.2) is 0 Å². The van der Waals surface area contributed by atoms with Crippen LogP contribution >= 0.6 is 0 Å². The molecular formula is C7H14O6. The first kappa shape index (κ1) is 10.8. The highest BCUT2D eigenvalue weighted by atomic mass is 16.6. The van der Waals surface area contributed by atoms with Crippen LogP contribution < -0.4 is 0 Å². The normalized spacial score (nSPS) is 52.2. The molecule has 1 unspecified atom stereocenters. The first-order valence-corrected chi connectivity index (χ1v) is 3.94. The quantitative estimate of drug-likeness (QED) is 0.308. The highest BCUT2D eigenvalue weighted by Crippen LogP contribution is 2.28. The van der Waals surface area contributed by atoms with E-state index in [0.717, 1.165) is 0 Å². The molecule has 13 heavy (non-hydrogen) atoms. The molecular weight excluding hydrogens is 180 g/mol. The minimum Gasteiger partial charge on any atom is -0.394 e. The lowest BCUT2D eigenvalue weighted by molar-refractivity contribution is -0.316. The Morgan fingerprint density at radius 3 is 2.31 bits per heavy atom. The smallest absolute Gasteiger partial charge is 0.184 e. The van der Waals surface area contributed by atoms with Gasteiger partial charge in [-0.1, -0.05) is 0 Å². The number of hydrogen-bond donors (Lipinski definition) is 5. The molecule has 5 atom stereocenters. The Morgan fingerprint density at radius 1 is 1.31 bits per heavy atom. The van der Waals surface area contributed by atoms with Gasteiger partial charge in [-0.15, -0.1) is 0 Å². The Morgan fingerprint density at radius 2 is 1.85 bits per heavy atom. The van der Waals surface area contributed by atoms with E-state index in [0.29, 0.717) is 0 Å². The van der Waals surface area contributed by atoms with E-state index in [1.807, 2.05) is 0 Å². The molecule has 0 bridgehead atoms. The lowest BCUT2D eigenvalue weighted by Gasteiger charge is -2.44. The van der Waals surface area contributed by atoms with Gasteiger partial charge < -0.3 is 30.3 Å². The second-order valence-corrected chi connectivity index (χ2v) is 3.36. The van der Waals surface area contributed by atoms with E-state index < -0.39 is 36.8 Å². The van der Waals surface area contributed by atoms with Gasteiger partial charge in [0.15, 0.2) is 6.29 Å². The third-order valence-electron chi connectivity index (χ3n) is 2.34. The van der Waals surface area contributed by atoms with E-state index in [1.54, 1.807) is 0 Å². The Hall–Kier alpha value is -0.240. The highest BCUT2D eigenvalue weighted by molar-refractivity contribution is 4.98. The van der Waals surface area contributed by atoms with Crippen molar-refractivity contribution < 1.29 is 30.3 Å². The van der Waals surface area contributed by atoms with Gasteiger partial charge in [0.05, 0.1) is 6.61 Å². The zero-order valence-electron chi connectivity index (χ0n) is 7.16. The van der Waals surface area contributed by atoms with E-state index in [2.05, 4.69) is 4.74 Å². The van der Waals surface area contributed by atoms with Gasteiger partial charge in [-0.05, 0) is 6.92 Å². The molecule has 1 aliphatic heterocycles. The summed E-state index contributed by atoms with van der Waals surface area (Å²) < 4.78 is 4.68. The maximum Gasteiger partial charge on any atom is 0.184 e. The Labute approximate surface area is 75.0 Å². The van der Waals surface area contributed by atoms with Crippen molar-refractivity contribution in [1.29, 1.82) is 0 Å². The fraction of sp³-hybridized carbons (Fsp3) is 1.00. The van der Waals surface area contributed by atoms with Crippen molar-refractivity contribution in [2.45, 2.75) is 37.1 Å². The van der Waals surface area contributed by atoms with Crippen LogP contribution in [0, 0.1) is 0 Å². The molecule has 6 nitrogen and oxygen atoms in total. The second kappa shape index (κ2) is 3.49.